The second kappa shape index (κ2) is 6.03. The van der Waals surface area contributed by atoms with Gasteiger partial charge in [0, 0.05) is 23.5 Å². The Kier molecular flexibility index (Phi) is 4.67. The van der Waals surface area contributed by atoms with Crippen molar-refractivity contribution in [2.75, 3.05) is 11.5 Å². The lowest BCUT2D eigenvalue weighted by Crippen LogP contribution is -2.16. The van der Waals surface area contributed by atoms with Crippen LogP contribution in [0.4, 0.5) is 0 Å². The predicted octanol–water partition coefficient (Wildman–Crippen LogP) is 2.72. The van der Waals surface area contributed by atoms with E-state index in [0.29, 0.717) is 0 Å². The second-order valence-corrected chi connectivity index (χ2v) is 7.04. The highest BCUT2D eigenvalue weighted by molar-refractivity contribution is 7.99. The minimum Gasteiger partial charge on any atom is -0.328 e. The third kappa shape index (κ3) is 3.75. The maximum absolute atomic E-state index is 5.79. The molecule has 90 valence electrons. The molecule has 0 spiro atoms. The van der Waals surface area contributed by atoms with Crippen molar-refractivity contribution in [2.45, 2.75) is 38.6 Å². The monoisotopic (exact) mass is 256 g/mol. The van der Waals surface area contributed by atoms with Gasteiger partial charge < -0.3 is 5.73 Å². The molecule has 2 rings (SSSR count). The van der Waals surface area contributed by atoms with Gasteiger partial charge in [-0.1, -0.05) is 0 Å². The molecule has 2 unspecified atom stereocenters. The molecule has 2 nitrogen and oxygen atoms in total. The molecule has 1 aliphatic rings. The molecule has 0 bridgehead atoms. The van der Waals surface area contributed by atoms with E-state index in [9.17, 15) is 0 Å². The molecular weight excluding hydrogens is 236 g/mol. The average Bonchev–Trinajstić information content (AvgIpc) is 2.66. The van der Waals surface area contributed by atoms with E-state index >= 15 is 0 Å². The second-order valence-electron chi connectivity index (χ2n) is 4.69. The van der Waals surface area contributed by atoms with E-state index in [0.717, 1.165) is 12.3 Å². The van der Waals surface area contributed by atoms with E-state index in [1.165, 1.54) is 40.7 Å². The molecule has 16 heavy (non-hydrogen) atoms. The van der Waals surface area contributed by atoms with Crippen LogP contribution < -0.4 is 5.73 Å². The number of hydrogen-bond donors (Lipinski definition) is 1. The first-order valence-corrected chi connectivity index (χ1v) is 7.98. The number of rotatable bonds is 4. The summed E-state index contributed by atoms with van der Waals surface area (Å²) in [6.45, 7) is 2.05. The Morgan fingerprint density at radius 1 is 1.62 bits per heavy atom. The molecule has 1 fully saturated rings. The van der Waals surface area contributed by atoms with Gasteiger partial charge in [-0.05, 0) is 43.6 Å². The van der Waals surface area contributed by atoms with Gasteiger partial charge in [0.2, 0.25) is 0 Å². The summed E-state index contributed by atoms with van der Waals surface area (Å²) < 4.78 is 0. The Balaban J connectivity index is 1.86. The number of thiazole rings is 1. The summed E-state index contributed by atoms with van der Waals surface area (Å²) in [6.07, 6.45) is 6.93. The molecule has 0 radical (unpaired) electrons. The van der Waals surface area contributed by atoms with Crippen molar-refractivity contribution >= 4 is 23.1 Å². The van der Waals surface area contributed by atoms with Gasteiger partial charge in [-0.3, -0.25) is 0 Å². The number of aromatic nitrogens is 1. The maximum Gasteiger partial charge on any atom is 0.0930 e. The van der Waals surface area contributed by atoms with Gasteiger partial charge in [0.05, 0.1) is 5.01 Å². The fraction of sp³-hybridized carbons (Fsp3) is 0.750. The SMILES string of the molecule is CC(N)Cc1cnc(CC2CCCSC2)s1. The van der Waals surface area contributed by atoms with Crippen LogP contribution in [0.25, 0.3) is 0 Å². The van der Waals surface area contributed by atoms with Crippen molar-refractivity contribution in [1.82, 2.24) is 4.98 Å². The highest BCUT2D eigenvalue weighted by atomic mass is 32.2. The van der Waals surface area contributed by atoms with Crippen LogP contribution in [0.15, 0.2) is 6.20 Å². The van der Waals surface area contributed by atoms with Gasteiger partial charge in [-0.2, -0.15) is 11.8 Å². The molecule has 2 heterocycles. The lowest BCUT2D eigenvalue weighted by molar-refractivity contribution is 0.520. The van der Waals surface area contributed by atoms with Crippen molar-refractivity contribution in [1.29, 1.82) is 0 Å². The van der Waals surface area contributed by atoms with E-state index in [4.69, 9.17) is 5.73 Å². The summed E-state index contributed by atoms with van der Waals surface area (Å²) in [5.74, 6) is 3.53. The number of nitrogens with zero attached hydrogens (tertiary/aromatic N) is 1. The zero-order chi connectivity index (χ0) is 11.4. The first-order valence-electron chi connectivity index (χ1n) is 6.01. The maximum atomic E-state index is 5.79. The molecule has 0 aromatic carbocycles. The normalized spacial score (nSPS) is 23.2. The first-order chi connectivity index (χ1) is 7.74. The summed E-state index contributed by atoms with van der Waals surface area (Å²) in [6, 6.07) is 0.249. The van der Waals surface area contributed by atoms with Gasteiger partial charge >= 0.3 is 0 Å². The van der Waals surface area contributed by atoms with Crippen molar-refractivity contribution in [2.24, 2.45) is 11.7 Å². The van der Waals surface area contributed by atoms with E-state index in [1.807, 2.05) is 17.5 Å². The fourth-order valence-corrected chi connectivity index (χ4v) is 4.40. The average molecular weight is 256 g/mol. The predicted molar refractivity (Wildman–Crippen MR) is 73.2 cm³/mol. The minimum atomic E-state index is 0.249. The number of thioether (sulfide) groups is 1. The Morgan fingerprint density at radius 3 is 3.19 bits per heavy atom. The Hall–Kier alpha value is -0.0600. The summed E-state index contributed by atoms with van der Waals surface area (Å²) >= 11 is 3.95. The lowest BCUT2D eigenvalue weighted by Gasteiger charge is -2.19. The van der Waals surface area contributed by atoms with Crippen molar-refractivity contribution in [3.63, 3.8) is 0 Å². The Labute approximate surface area is 106 Å². The lowest BCUT2D eigenvalue weighted by atomic mass is 10.0. The highest BCUT2D eigenvalue weighted by Gasteiger charge is 2.16. The van der Waals surface area contributed by atoms with Crippen molar-refractivity contribution < 1.29 is 0 Å². The molecule has 1 aromatic rings. The summed E-state index contributed by atoms with van der Waals surface area (Å²) in [5.41, 5.74) is 5.79. The molecule has 4 heteroatoms. The van der Waals surface area contributed by atoms with Gasteiger partial charge in [0.25, 0.3) is 0 Å². The first kappa shape index (κ1) is 12.4. The molecule has 1 saturated heterocycles. The molecule has 0 aliphatic carbocycles. The van der Waals surface area contributed by atoms with Crippen LogP contribution in [-0.2, 0) is 12.8 Å². The van der Waals surface area contributed by atoms with Gasteiger partial charge in [-0.15, -0.1) is 11.3 Å². The van der Waals surface area contributed by atoms with E-state index in [-0.39, 0.29) is 6.04 Å². The van der Waals surface area contributed by atoms with Crippen LogP contribution in [-0.4, -0.2) is 22.5 Å². The summed E-state index contributed by atoms with van der Waals surface area (Å²) in [4.78, 5) is 5.86. The van der Waals surface area contributed by atoms with Crippen LogP contribution >= 0.6 is 23.1 Å². The molecule has 2 N–H and O–H groups in total. The minimum absolute atomic E-state index is 0.249. The van der Waals surface area contributed by atoms with Crippen LogP contribution in [0.1, 0.15) is 29.7 Å². The van der Waals surface area contributed by atoms with Crippen LogP contribution in [0, 0.1) is 5.92 Å². The third-order valence-corrected chi connectivity index (χ3v) is 5.17. The molecule has 0 saturated carbocycles. The zero-order valence-corrected chi connectivity index (χ0v) is 11.4. The smallest absolute Gasteiger partial charge is 0.0930 e. The molecule has 2 atom stereocenters. The van der Waals surface area contributed by atoms with Gasteiger partial charge in [0.15, 0.2) is 0 Å². The van der Waals surface area contributed by atoms with Crippen LogP contribution in [0.5, 0.6) is 0 Å². The van der Waals surface area contributed by atoms with E-state index in [1.54, 1.807) is 0 Å². The topological polar surface area (TPSA) is 38.9 Å². The Morgan fingerprint density at radius 2 is 2.50 bits per heavy atom. The van der Waals surface area contributed by atoms with Crippen molar-refractivity contribution in [3.05, 3.63) is 16.1 Å². The zero-order valence-electron chi connectivity index (χ0n) is 9.82. The quantitative estimate of drug-likeness (QED) is 0.900. The fourth-order valence-electron chi connectivity index (χ4n) is 2.07. The van der Waals surface area contributed by atoms with Gasteiger partial charge in [-0.25, -0.2) is 4.98 Å². The largest absolute Gasteiger partial charge is 0.328 e. The Bertz CT molecular complexity index is 317. The van der Waals surface area contributed by atoms with Crippen molar-refractivity contribution in [3.8, 4) is 0 Å². The molecule has 1 aliphatic heterocycles. The summed E-state index contributed by atoms with van der Waals surface area (Å²) in [5, 5.41) is 1.31. The highest BCUT2D eigenvalue weighted by Crippen LogP contribution is 2.27. The van der Waals surface area contributed by atoms with Crippen LogP contribution in [0.2, 0.25) is 0 Å². The molecular formula is C12H20N2S2. The van der Waals surface area contributed by atoms with E-state index < -0.39 is 0 Å². The molecule has 1 aromatic heterocycles. The van der Waals surface area contributed by atoms with E-state index in [2.05, 4.69) is 23.7 Å². The number of nitrogens with two attached hydrogens (primary N) is 1. The molecule has 0 amide bonds. The third-order valence-electron chi connectivity index (χ3n) is 2.84. The van der Waals surface area contributed by atoms with Crippen LogP contribution in [0.3, 0.4) is 0 Å². The number of hydrogen-bond acceptors (Lipinski definition) is 4. The summed E-state index contributed by atoms with van der Waals surface area (Å²) in [7, 11) is 0. The standard InChI is InChI=1S/C12H20N2S2/c1-9(13)5-11-7-14-12(16-11)6-10-3-2-4-15-8-10/h7,9-10H,2-6,8,13H2,1H3. The van der Waals surface area contributed by atoms with Gasteiger partial charge in [0.1, 0.15) is 0 Å².